The third-order valence-electron chi connectivity index (χ3n) is 3.51. The van der Waals surface area contributed by atoms with E-state index in [1.54, 1.807) is 26.3 Å². The number of aliphatic hydroxyl groups is 1. The lowest BCUT2D eigenvalue weighted by Gasteiger charge is -2.12. The molecule has 2 aromatic rings. The van der Waals surface area contributed by atoms with Gasteiger partial charge in [-0.3, -0.25) is 9.78 Å². The van der Waals surface area contributed by atoms with Gasteiger partial charge in [0.25, 0.3) is 5.56 Å². The number of aromatic amines is 1. The molecule has 0 atom stereocenters. The first-order chi connectivity index (χ1) is 12.5. The van der Waals surface area contributed by atoms with Gasteiger partial charge in [-0.25, -0.2) is 10.4 Å². The van der Waals surface area contributed by atoms with Gasteiger partial charge >= 0.3 is 0 Å². The SMILES string of the molecule is CCOc1c(Br)cc(/C=N\Nc2nc(C)c(CCO)c(=O)[nH]2)cc1OC. The largest absolute Gasteiger partial charge is 0.493 e. The van der Waals surface area contributed by atoms with Crippen LogP contribution in [-0.2, 0) is 6.42 Å². The molecule has 8 nitrogen and oxygen atoms in total. The molecule has 0 aliphatic heterocycles. The molecule has 0 bridgehead atoms. The van der Waals surface area contributed by atoms with Gasteiger partial charge in [-0.2, -0.15) is 5.10 Å². The summed E-state index contributed by atoms with van der Waals surface area (Å²) in [7, 11) is 1.56. The first-order valence-electron chi connectivity index (χ1n) is 8.00. The van der Waals surface area contributed by atoms with E-state index in [0.29, 0.717) is 29.4 Å². The van der Waals surface area contributed by atoms with Crippen LogP contribution < -0.4 is 20.5 Å². The Morgan fingerprint density at radius 2 is 2.23 bits per heavy atom. The van der Waals surface area contributed by atoms with Gasteiger partial charge in [-0.15, -0.1) is 0 Å². The number of aromatic nitrogens is 2. The lowest BCUT2D eigenvalue weighted by atomic mass is 10.2. The van der Waals surface area contributed by atoms with Crippen molar-refractivity contribution in [2.45, 2.75) is 20.3 Å². The molecule has 0 amide bonds. The zero-order chi connectivity index (χ0) is 19.1. The van der Waals surface area contributed by atoms with E-state index in [4.69, 9.17) is 14.6 Å². The van der Waals surface area contributed by atoms with E-state index in [0.717, 1.165) is 10.0 Å². The Morgan fingerprint density at radius 1 is 1.46 bits per heavy atom. The number of benzene rings is 1. The molecule has 0 aliphatic carbocycles. The average Bonchev–Trinajstić information content (AvgIpc) is 2.60. The standard InChI is InChI=1S/C17H21BrN4O4/c1-4-26-15-13(18)7-11(8-14(15)25-3)9-19-22-17-20-10(2)12(5-6-23)16(24)21-17/h7-9,23H,4-6H2,1-3H3,(H2,20,21,22,24)/b19-9-. The van der Waals surface area contributed by atoms with Crippen molar-refractivity contribution in [3.63, 3.8) is 0 Å². The van der Waals surface area contributed by atoms with Crippen LogP contribution >= 0.6 is 15.9 Å². The minimum absolute atomic E-state index is 0.106. The van der Waals surface area contributed by atoms with Crippen molar-refractivity contribution < 1.29 is 14.6 Å². The maximum atomic E-state index is 12.0. The first-order valence-corrected chi connectivity index (χ1v) is 8.79. The second-order valence-corrected chi connectivity index (χ2v) is 6.14. The fourth-order valence-electron chi connectivity index (χ4n) is 2.34. The van der Waals surface area contributed by atoms with Gasteiger partial charge in [0.1, 0.15) is 0 Å². The zero-order valence-corrected chi connectivity index (χ0v) is 16.4. The Kier molecular flexibility index (Phi) is 7.16. The molecule has 1 aromatic carbocycles. The molecule has 1 heterocycles. The van der Waals surface area contributed by atoms with E-state index < -0.39 is 0 Å². The molecule has 140 valence electrons. The van der Waals surface area contributed by atoms with Crippen LogP contribution in [-0.4, -0.2) is 41.6 Å². The minimum atomic E-state index is -0.297. The molecule has 0 fully saturated rings. The number of hydrogen-bond donors (Lipinski definition) is 3. The molecule has 0 unspecified atom stereocenters. The van der Waals surface area contributed by atoms with Crippen LogP contribution in [0.25, 0.3) is 0 Å². The third-order valence-corrected chi connectivity index (χ3v) is 4.10. The maximum absolute atomic E-state index is 12.0. The van der Waals surface area contributed by atoms with E-state index in [9.17, 15) is 4.79 Å². The van der Waals surface area contributed by atoms with Crippen LogP contribution in [0.2, 0.25) is 0 Å². The van der Waals surface area contributed by atoms with Crippen molar-refractivity contribution in [1.82, 2.24) is 9.97 Å². The van der Waals surface area contributed by atoms with Crippen LogP contribution in [0, 0.1) is 6.92 Å². The second kappa shape index (κ2) is 9.35. The predicted octanol–water partition coefficient (Wildman–Crippen LogP) is 2.23. The minimum Gasteiger partial charge on any atom is -0.493 e. The monoisotopic (exact) mass is 424 g/mol. The topological polar surface area (TPSA) is 109 Å². The van der Waals surface area contributed by atoms with Gasteiger partial charge < -0.3 is 14.6 Å². The number of aliphatic hydroxyl groups excluding tert-OH is 1. The molecule has 0 aliphatic rings. The highest BCUT2D eigenvalue weighted by atomic mass is 79.9. The summed E-state index contributed by atoms with van der Waals surface area (Å²) in [6.07, 6.45) is 1.83. The summed E-state index contributed by atoms with van der Waals surface area (Å²) >= 11 is 3.45. The lowest BCUT2D eigenvalue weighted by molar-refractivity contribution is 0.298. The van der Waals surface area contributed by atoms with Gasteiger partial charge in [-0.1, -0.05) is 0 Å². The molecular weight excluding hydrogens is 404 g/mol. The summed E-state index contributed by atoms with van der Waals surface area (Å²) in [6.45, 7) is 4.02. The fourth-order valence-corrected chi connectivity index (χ4v) is 2.91. The number of rotatable bonds is 8. The number of hydrogen-bond acceptors (Lipinski definition) is 7. The first kappa shape index (κ1) is 19.9. The summed E-state index contributed by atoms with van der Waals surface area (Å²) in [4.78, 5) is 18.8. The molecule has 2 rings (SSSR count). The molecular formula is C17H21BrN4O4. The van der Waals surface area contributed by atoms with Crippen molar-refractivity contribution in [1.29, 1.82) is 0 Å². The Bertz CT molecular complexity index is 851. The summed E-state index contributed by atoms with van der Waals surface area (Å²) in [6, 6.07) is 3.62. The highest BCUT2D eigenvalue weighted by molar-refractivity contribution is 9.10. The highest BCUT2D eigenvalue weighted by Gasteiger charge is 2.11. The summed E-state index contributed by atoms with van der Waals surface area (Å²) in [5.41, 5.74) is 4.17. The van der Waals surface area contributed by atoms with Crippen molar-refractivity contribution in [2.75, 3.05) is 25.7 Å². The van der Waals surface area contributed by atoms with Gasteiger partial charge in [0, 0.05) is 18.6 Å². The van der Waals surface area contributed by atoms with Gasteiger partial charge in [0.15, 0.2) is 11.5 Å². The molecule has 0 saturated carbocycles. The molecule has 0 radical (unpaired) electrons. The quantitative estimate of drug-likeness (QED) is 0.442. The van der Waals surface area contributed by atoms with Crippen LogP contribution in [0.3, 0.4) is 0 Å². The number of H-pyrrole nitrogens is 1. The Labute approximate surface area is 159 Å². The van der Waals surface area contributed by atoms with Crippen LogP contribution in [0.4, 0.5) is 5.95 Å². The molecule has 3 N–H and O–H groups in total. The molecule has 26 heavy (non-hydrogen) atoms. The van der Waals surface area contributed by atoms with Crippen LogP contribution in [0.1, 0.15) is 23.7 Å². The maximum Gasteiger partial charge on any atom is 0.255 e. The normalized spacial score (nSPS) is 11.0. The highest BCUT2D eigenvalue weighted by Crippen LogP contribution is 2.36. The number of nitrogens with zero attached hydrogens (tertiary/aromatic N) is 2. The summed E-state index contributed by atoms with van der Waals surface area (Å²) in [5, 5.41) is 13.1. The summed E-state index contributed by atoms with van der Waals surface area (Å²) < 4.78 is 11.6. The number of halogens is 1. The Morgan fingerprint density at radius 3 is 2.85 bits per heavy atom. The van der Waals surface area contributed by atoms with Crippen molar-refractivity contribution in [2.24, 2.45) is 5.10 Å². The van der Waals surface area contributed by atoms with Gasteiger partial charge in [0.2, 0.25) is 5.95 Å². The fraction of sp³-hybridized carbons (Fsp3) is 0.353. The lowest BCUT2D eigenvalue weighted by Crippen LogP contribution is -2.19. The molecule has 0 saturated heterocycles. The Hall–Kier alpha value is -2.39. The number of methoxy groups -OCH3 is 1. The van der Waals surface area contributed by atoms with E-state index in [1.165, 1.54) is 0 Å². The zero-order valence-electron chi connectivity index (χ0n) is 14.8. The number of ether oxygens (including phenoxy) is 2. The predicted molar refractivity (Wildman–Crippen MR) is 103 cm³/mol. The van der Waals surface area contributed by atoms with Crippen LogP contribution in [0.5, 0.6) is 11.5 Å². The van der Waals surface area contributed by atoms with E-state index in [2.05, 4.69) is 36.4 Å². The second-order valence-electron chi connectivity index (χ2n) is 5.29. The number of anilines is 1. The van der Waals surface area contributed by atoms with E-state index in [1.807, 2.05) is 13.0 Å². The van der Waals surface area contributed by atoms with Crippen molar-refractivity contribution >= 4 is 28.1 Å². The molecule has 0 spiro atoms. The van der Waals surface area contributed by atoms with Gasteiger partial charge in [0.05, 0.1) is 30.1 Å². The van der Waals surface area contributed by atoms with E-state index in [-0.39, 0.29) is 24.5 Å². The Balaban J connectivity index is 2.18. The number of aryl methyl sites for hydroxylation is 1. The average molecular weight is 425 g/mol. The summed E-state index contributed by atoms with van der Waals surface area (Å²) in [5.74, 6) is 1.43. The molecule has 1 aromatic heterocycles. The van der Waals surface area contributed by atoms with Crippen molar-refractivity contribution in [3.8, 4) is 11.5 Å². The van der Waals surface area contributed by atoms with Gasteiger partial charge in [-0.05, 0) is 47.5 Å². The van der Waals surface area contributed by atoms with E-state index >= 15 is 0 Å². The molecule has 9 heteroatoms. The van der Waals surface area contributed by atoms with Crippen LogP contribution in [0.15, 0.2) is 26.5 Å². The van der Waals surface area contributed by atoms with Crippen molar-refractivity contribution in [3.05, 3.63) is 43.8 Å². The third kappa shape index (κ3) is 4.83. The number of hydrazone groups is 1. The smallest absolute Gasteiger partial charge is 0.255 e. The number of nitrogens with one attached hydrogen (secondary N) is 2.